The summed E-state index contributed by atoms with van der Waals surface area (Å²) in [4.78, 5) is 14.8. The molecule has 3 N–H and O–H groups in total. The molecule has 2 rings (SSSR count). The van der Waals surface area contributed by atoms with Crippen molar-refractivity contribution in [1.29, 1.82) is 0 Å². The van der Waals surface area contributed by atoms with E-state index in [2.05, 4.69) is 10.3 Å². The van der Waals surface area contributed by atoms with Gasteiger partial charge >= 0.3 is 0 Å². The van der Waals surface area contributed by atoms with Crippen molar-refractivity contribution in [3.8, 4) is 0 Å². The SMILES string of the molecule is Cn1cnc2cc(CNCC(N)=O)ccc21. The van der Waals surface area contributed by atoms with Gasteiger partial charge in [0.15, 0.2) is 0 Å². The lowest BCUT2D eigenvalue weighted by molar-refractivity contribution is -0.117. The molecule has 0 aliphatic carbocycles. The summed E-state index contributed by atoms with van der Waals surface area (Å²) in [6, 6.07) is 6.03. The van der Waals surface area contributed by atoms with E-state index < -0.39 is 0 Å². The summed E-state index contributed by atoms with van der Waals surface area (Å²) in [5.41, 5.74) is 8.18. The molecule has 1 aromatic carbocycles. The molecule has 2 aromatic rings. The van der Waals surface area contributed by atoms with Crippen LogP contribution < -0.4 is 11.1 Å². The summed E-state index contributed by atoms with van der Waals surface area (Å²) in [5.74, 6) is -0.348. The smallest absolute Gasteiger partial charge is 0.231 e. The quantitative estimate of drug-likeness (QED) is 0.767. The third-order valence-electron chi connectivity index (χ3n) is 2.42. The van der Waals surface area contributed by atoms with Crippen LogP contribution in [0.3, 0.4) is 0 Å². The van der Waals surface area contributed by atoms with Gasteiger partial charge in [-0.2, -0.15) is 0 Å². The number of aromatic nitrogens is 2. The number of imidazole rings is 1. The zero-order valence-electron chi connectivity index (χ0n) is 9.10. The van der Waals surface area contributed by atoms with E-state index >= 15 is 0 Å². The molecule has 0 radical (unpaired) electrons. The Bertz CT molecular complexity index is 518. The normalized spacial score (nSPS) is 10.8. The van der Waals surface area contributed by atoms with Crippen LogP contribution in [0.5, 0.6) is 0 Å². The number of rotatable bonds is 4. The average molecular weight is 218 g/mol. The Morgan fingerprint density at radius 1 is 1.56 bits per heavy atom. The highest BCUT2D eigenvalue weighted by Crippen LogP contribution is 2.13. The molecule has 5 nitrogen and oxygen atoms in total. The summed E-state index contributed by atoms with van der Waals surface area (Å²) in [6.07, 6.45) is 1.78. The third kappa shape index (κ3) is 2.20. The summed E-state index contributed by atoms with van der Waals surface area (Å²) in [7, 11) is 1.96. The van der Waals surface area contributed by atoms with E-state index in [9.17, 15) is 4.79 Å². The van der Waals surface area contributed by atoms with Crippen molar-refractivity contribution in [1.82, 2.24) is 14.9 Å². The number of fused-ring (bicyclic) bond motifs is 1. The highest BCUT2D eigenvalue weighted by molar-refractivity contribution is 5.76. The standard InChI is InChI=1S/C11H14N4O/c1-15-7-14-9-4-8(2-3-10(9)15)5-13-6-11(12)16/h2-4,7,13H,5-6H2,1H3,(H2,12,16). The van der Waals surface area contributed by atoms with Gasteiger partial charge in [0.05, 0.1) is 23.9 Å². The Labute approximate surface area is 93.3 Å². The number of hydrogen-bond donors (Lipinski definition) is 2. The van der Waals surface area contributed by atoms with Crippen LogP contribution in [0.15, 0.2) is 24.5 Å². The van der Waals surface area contributed by atoms with Crippen LogP contribution in [0.1, 0.15) is 5.56 Å². The largest absolute Gasteiger partial charge is 0.369 e. The Morgan fingerprint density at radius 2 is 2.38 bits per heavy atom. The van der Waals surface area contributed by atoms with Gasteiger partial charge in [0.1, 0.15) is 0 Å². The summed E-state index contributed by atoms with van der Waals surface area (Å²) in [5, 5.41) is 2.96. The number of amides is 1. The van der Waals surface area contributed by atoms with Gasteiger partial charge in [0.25, 0.3) is 0 Å². The van der Waals surface area contributed by atoms with Crippen LogP contribution >= 0.6 is 0 Å². The molecule has 0 atom stereocenters. The lowest BCUT2D eigenvalue weighted by Crippen LogP contribution is -2.28. The molecule has 84 valence electrons. The van der Waals surface area contributed by atoms with Crippen LogP contribution in [0, 0.1) is 0 Å². The van der Waals surface area contributed by atoms with Gasteiger partial charge in [0.2, 0.25) is 5.91 Å². The monoisotopic (exact) mass is 218 g/mol. The number of benzene rings is 1. The number of nitrogens with zero attached hydrogens (tertiary/aromatic N) is 2. The van der Waals surface area contributed by atoms with Crippen molar-refractivity contribution in [3.63, 3.8) is 0 Å². The zero-order valence-corrected chi connectivity index (χ0v) is 9.10. The van der Waals surface area contributed by atoms with Crippen molar-refractivity contribution in [2.45, 2.75) is 6.54 Å². The number of hydrogen-bond acceptors (Lipinski definition) is 3. The highest BCUT2D eigenvalue weighted by Gasteiger charge is 2.01. The Balaban J connectivity index is 2.11. The van der Waals surface area contributed by atoms with Crippen molar-refractivity contribution in [2.75, 3.05) is 6.54 Å². The molecule has 1 amide bonds. The fraction of sp³-hybridized carbons (Fsp3) is 0.273. The summed E-state index contributed by atoms with van der Waals surface area (Å²) in [6.45, 7) is 0.815. The van der Waals surface area contributed by atoms with Crippen molar-refractivity contribution in [3.05, 3.63) is 30.1 Å². The minimum Gasteiger partial charge on any atom is -0.369 e. The van der Waals surface area contributed by atoms with Crippen LogP contribution in [-0.4, -0.2) is 22.0 Å². The Morgan fingerprint density at radius 3 is 3.12 bits per heavy atom. The number of nitrogens with two attached hydrogens (primary N) is 1. The number of carbonyl (C=O) groups is 1. The number of aryl methyl sites for hydroxylation is 1. The van der Waals surface area contributed by atoms with Crippen molar-refractivity contribution >= 4 is 16.9 Å². The van der Waals surface area contributed by atoms with Gasteiger partial charge in [-0.05, 0) is 17.7 Å². The topological polar surface area (TPSA) is 72.9 Å². The van der Waals surface area contributed by atoms with Gasteiger partial charge in [-0.1, -0.05) is 6.07 Å². The first kappa shape index (κ1) is 10.6. The number of nitrogens with one attached hydrogen (secondary N) is 1. The van der Waals surface area contributed by atoms with Crippen molar-refractivity contribution in [2.24, 2.45) is 12.8 Å². The molecule has 1 aromatic heterocycles. The molecule has 0 aliphatic rings. The lowest BCUT2D eigenvalue weighted by atomic mass is 10.2. The van der Waals surface area contributed by atoms with Crippen LogP contribution in [0.25, 0.3) is 11.0 Å². The third-order valence-corrected chi connectivity index (χ3v) is 2.42. The first-order valence-corrected chi connectivity index (χ1v) is 5.06. The maximum absolute atomic E-state index is 10.5. The lowest BCUT2D eigenvalue weighted by Gasteiger charge is -2.02. The summed E-state index contributed by atoms with van der Waals surface area (Å²) < 4.78 is 1.97. The molecular formula is C11H14N4O. The maximum atomic E-state index is 10.5. The van der Waals surface area contributed by atoms with Gasteiger partial charge in [-0.3, -0.25) is 4.79 Å². The minimum atomic E-state index is -0.348. The molecule has 0 saturated heterocycles. The zero-order chi connectivity index (χ0) is 11.5. The molecular weight excluding hydrogens is 204 g/mol. The van der Waals surface area contributed by atoms with E-state index in [4.69, 9.17) is 5.73 Å². The second kappa shape index (κ2) is 4.32. The molecule has 5 heteroatoms. The molecule has 0 saturated carbocycles. The molecule has 0 fully saturated rings. The first-order chi connectivity index (χ1) is 7.66. The van der Waals surface area contributed by atoms with Gasteiger partial charge in [-0.15, -0.1) is 0 Å². The van der Waals surface area contributed by atoms with E-state index in [0.717, 1.165) is 16.6 Å². The number of primary amides is 1. The van der Waals surface area contributed by atoms with Crippen LogP contribution in [0.2, 0.25) is 0 Å². The van der Waals surface area contributed by atoms with Gasteiger partial charge in [0, 0.05) is 13.6 Å². The van der Waals surface area contributed by atoms with E-state index in [1.54, 1.807) is 6.33 Å². The van der Waals surface area contributed by atoms with E-state index in [1.807, 2.05) is 29.8 Å². The number of carbonyl (C=O) groups excluding carboxylic acids is 1. The van der Waals surface area contributed by atoms with Gasteiger partial charge < -0.3 is 15.6 Å². The summed E-state index contributed by atoms with van der Waals surface area (Å²) >= 11 is 0. The Kier molecular flexibility index (Phi) is 2.87. The molecule has 0 unspecified atom stereocenters. The molecule has 16 heavy (non-hydrogen) atoms. The van der Waals surface area contributed by atoms with E-state index in [-0.39, 0.29) is 12.5 Å². The second-order valence-electron chi connectivity index (χ2n) is 3.75. The predicted molar refractivity (Wildman–Crippen MR) is 61.6 cm³/mol. The minimum absolute atomic E-state index is 0.195. The molecule has 0 aliphatic heterocycles. The molecule has 0 bridgehead atoms. The highest BCUT2D eigenvalue weighted by atomic mass is 16.1. The average Bonchev–Trinajstić information content (AvgIpc) is 2.60. The Hall–Kier alpha value is -1.88. The van der Waals surface area contributed by atoms with E-state index in [1.165, 1.54) is 0 Å². The predicted octanol–water partition coefficient (Wildman–Crippen LogP) is 0.148. The van der Waals surface area contributed by atoms with Crippen molar-refractivity contribution < 1.29 is 4.79 Å². The fourth-order valence-electron chi connectivity index (χ4n) is 1.62. The van der Waals surface area contributed by atoms with E-state index in [0.29, 0.717) is 6.54 Å². The fourth-order valence-corrected chi connectivity index (χ4v) is 1.62. The van der Waals surface area contributed by atoms with Crippen LogP contribution in [-0.2, 0) is 18.4 Å². The van der Waals surface area contributed by atoms with Gasteiger partial charge in [-0.25, -0.2) is 4.98 Å². The maximum Gasteiger partial charge on any atom is 0.231 e. The second-order valence-corrected chi connectivity index (χ2v) is 3.75. The molecule has 1 heterocycles. The van der Waals surface area contributed by atoms with Crippen LogP contribution in [0.4, 0.5) is 0 Å². The molecule has 0 spiro atoms. The first-order valence-electron chi connectivity index (χ1n) is 5.06.